The van der Waals surface area contributed by atoms with Gasteiger partial charge in [-0.2, -0.15) is 0 Å². The highest BCUT2D eigenvalue weighted by atomic mass is 32.2. The zero-order valence-electron chi connectivity index (χ0n) is 23.6. The molecule has 0 aromatic heterocycles. The Labute approximate surface area is 231 Å². The zero-order chi connectivity index (χ0) is 29.5. The average molecular weight is 562 g/mol. The van der Waals surface area contributed by atoms with Crippen LogP contribution in [0.4, 0.5) is 15.3 Å². The molecule has 3 N–H and O–H groups in total. The van der Waals surface area contributed by atoms with Crippen LogP contribution in [0.25, 0.3) is 0 Å². The molecule has 10 nitrogen and oxygen atoms in total. The van der Waals surface area contributed by atoms with Gasteiger partial charge in [-0.3, -0.25) is 5.32 Å². The van der Waals surface area contributed by atoms with Gasteiger partial charge in [0, 0.05) is 19.2 Å². The Bertz CT molecular complexity index is 1270. The van der Waals surface area contributed by atoms with E-state index < -0.39 is 40.0 Å². The monoisotopic (exact) mass is 562 g/mol. The lowest BCUT2D eigenvalue weighted by molar-refractivity contribution is 0.0283. The van der Waals surface area contributed by atoms with Crippen LogP contribution in [0, 0.1) is 0 Å². The molecule has 2 amide bonds. The summed E-state index contributed by atoms with van der Waals surface area (Å²) < 4.78 is 36.7. The molecular weight excluding hydrogens is 523 g/mol. The van der Waals surface area contributed by atoms with Crippen molar-refractivity contribution in [2.45, 2.75) is 76.7 Å². The van der Waals surface area contributed by atoms with Gasteiger partial charge in [-0.15, -0.1) is 0 Å². The molecule has 0 fully saturated rings. The molecule has 2 aromatic rings. The summed E-state index contributed by atoms with van der Waals surface area (Å²) >= 11 is 0. The standard InChI is InChI=1S/C27H39BN2O8S/c1-8-19-15-22(28(33)34)10-9-20(19)13-14-37-25(31)29-23-11-12-24(39(35,36)18(2)3)21(16-23)17-30(7)26(32)38-27(4,5)6/h9-12,15-16,18,33-34H,8,13-14,17H2,1-7H3,(H,29,31). The van der Waals surface area contributed by atoms with Crippen molar-refractivity contribution in [3.63, 3.8) is 0 Å². The van der Waals surface area contributed by atoms with Gasteiger partial charge in [0.2, 0.25) is 0 Å². The van der Waals surface area contributed by atoms with Crippen LogP contribution >= 0.6 is 0 Å². The van der Waals surface area contributed by atoms with E-state index in [4.69, 9.17) is 9.47 Å². The number of rotatable bonds is 10. The molecule has 2 aromatic carbocycles. The number of nitrogens with zero attached hydrogens (tertiary/aromatic N) is 1. The van der Waals surface area contributed by atoms with Crippen molar-refractivity contribution in [1.29, 1.82) is 0 Å². The summed E-state index contributed by atoms with van der Waals surface area (Å²) in [5.41, 5.74) is 2.16. The first kappa shape index (κ1) is 32.1. The van der Waals surface area contributed by atoms with Gasteiger partial charge in [0.05, 0.1) is 23.3 Å². The van der Waals surface area contributed by atoms with Gasteiger partial charge >= 0.3 is 19.3 Å². The summed E-state index contributed by atoms with van der Waals surface area (Å²) in [4.78, 5) is 26.3. The molecule has 0 aliphatic carbocycles. The first-order chi connectivity index (χ1) is 18.0. The van der Waals surface area contributed by atoms with Crippen molar-refractivity contribution in [3.8, 4) is 0 Å². The first-order valence-electron chi connectivity index (χ1n) is 12.8. The number of aryl methyl sites for hydroxylation is 1. The molecule has 0 aliphatic heterocycles. The number of hydrogen-bond donors (Lipinski definition) is 3. The van der Waals surface area contributed by atoms with Crippen molar-refractivity contribution < 1.29 is 37.5 Å². The third kappa shape index (κ3) is 9.26. The van der Waals surface area contributed by atoms with Gasteiger partial charge in [-0.05, 0) is 81.4 Å². The number of hydrogen-bond acceptors (Lipinski definition) is 8. The Balaban J connectivity index is 2.16. The fourth-order valence-corrected chi connectivity index (χ4v) is 5.01. The van der Waals surface area contributed by atoms with Gasteiger partial charge in [0.1, 0.15) is 5.60 Å². The second-order valence-electron chi connectivity index (χ2n) is 10.5. The Hall–Kier alpha value is -3.09. The number of anilines is 1. The maximum Gasteiger partial charge on any atom is 0.488 e. The minimum atomic E-state index is -3.67. The topological polar surface area (TPSA) is 142 Å². The van der Waals surface area contributed by atoms with E-state index in [0.29, 0.717) is 29.6 Å². The van der Waals surface area contributed by atoms with Gasteiger partial charge in [-0.25, -0.2) is 18.0 Å². The highest BCUT2D eigenvalue weighted by Gasteiger charge is 2.26. The molecule has 214 valence electrons. The molecule has 0 radical (unpaired) electrons. The van der Waals surface area contributed by atoms with E-state index in [2.05, 4.69) is 5.32 Å². The van der Waals surface area contributed by atoms with Gasteiger partial charge < -0.3 is 24.4 Å². The van der Waals surface area contributed by atoms with Crippen LogP contribution in [-0.4, -0.2) is 67.2 Å². The van der Waals surface area contributed by atoms with E-state index in [9.17, 15) is 28.1 Å². The van der Waals surface area contributed by atoms with Gasteiger partial charge in [-0.1, -0.05) is 25.1 Å². The Morgan fingerprint density at radius 2 is 1.72 bits per heavy atom. The van der Waals surface area contributed by atoms with Crippen LogP contribution in [0.15, 0.2) is 41.3 Å². The minimum Gasteiger partial charge on any atom is -0.449 e. The molecule has 0 saturated heterocycles. The lowest BCUT2D eigenvalue weighted by Gasteiger charge is -2.25. The molecule has 0 aliphatic rings. The highest BCUT2D eigenvalue weighted by Crippen LogP contribution is 2.26. The third-order valence-corrected chi connectivity index (χ3v) is 8.11. The van der Waals surface area contributed by atoms with Crippen molar-refractivity contribution in [3.05, 3.63) is 53.1 Å². The van der Waals surface area contributed by atoms with Crippen LogP contribution in [0.3, 0.4) is 0 Å². The molecular formula is C27H39BN2O8S. The number of carbonyl (C=O) groups is 2. The first-order valence-corrected chi connectivity index (χ1v) is 14.3. The minimum absolute atomic E-state index is 0.0565. The molecule has 12 heteroatoms. The number of amides is 2. The number of benzene rings is 2. The summed E-state index contributed by atoms with van der Waals surface area (Å²) in [7, 11) is -3.72. The highest BCUT2D eigenvalue weighted by molar-refractivity contribution is 7.92. The normalized spacial score (nSPS) is 11.7. The molecule has 0 heterocycles. The van der Waals surface area contributed by atoms with E-state index in [1.54, 1.807) is 52.8 Å². The van der Waals surface area contributed by atoms with Gasteiger partial charge in [0.25, 0.3) is 0 Å². The van der Waals surface area contributed by atoms with Crippen molar-refractivity contribution in [1.82, 2.24) is 4.90 Å². The van der Waals surface area contributed by atoms with Crippen molar-refractivity contribution >= 4 is 40.3 Å². The van der Waals surface area contributed by atoms with Crippen LogP contribution < -0.4 is 10.8 Å². The average Bonchev–Trinajstić information content (AvgIpc) is 2.82. The Morgan fingerprint density at radius 3 is 2.28 bits per heavy atom. The predicted octanol–water partition coefficient (Wildman–Crippen LogP) is 3.27. The smallest absolute Gasteiger partial charge is 0.449 e. The lowest BCUT2D eigenvalue weighted by Crippen LogP contribution is -2.34. The second kappa shape index (κ2) is 13.3. The van der Waals surface area contributed by atoms with Crippen LogP contribution in [0.5, 0.6) is 0 Å². The second-order valence-corrected chi connectivity index (χ2v) is 13.0. The van der Waals surface area contributed by atoms with Crippen LogP contribution in [-0.2, 0) is 38.7 Å². The van der Waals surface area contributed by atoms with E-state index in [-0.39, 0.29) is 18.0 Å². The maximum atomic E-state index is 13.0. The Morgan fingerprint density at radius 1 is 1.05 bits per heavy atom. The molecule has 0 saturated carbocycles. The summed E-state index contributed by atoms with van der Waals surface area (Å²) in [6.07, 6.45) is -0.230. The molecule has 0 atom stereocenters. The fourth-order valence-electron chi connectivity index (χ4n) is 3.76. The summed E-state index contributed by atoms with van der Waals surface area (Å²) in [6, 6.07) is 9.49. The summed E-state index contributed by atoms with van der Waals surface area (Å²) in [5, 5.41) is 20.7. The van der Waals surface area contributed by atoms with Crippen LogP contribution in [0.2, 0.25) is 0 Å². The SMILES string of the molecule is CCc1cc(B(O)O)ccc1CCOC(=O)Nc1ccc(S(=O)(=O)C(C)C)c(CN(C)C(=O)OC(C)(C)C)c1. The molecule has 0 unspecified atom stereocenters. The zero-order valence-corrected chi connectivity index (χ0v) is 24.5. The number of sulfone groups is 1. The van der Waals surface area contributed by atoms with E-state index >= 15 is 0 Å². The van der Waals surface area contributed by atoms with E-state index in [1.165, 1.54) is 30.1 Å². The summed E-state index contributed by atoms with van der Waals surface area (Å²) in [5.74, 6) is 0. The molecule has 0 spiro atoms. The molecule has 2 rings (SSSR count). The molecule has 39 heavy (non-hydrogen) atoms. The number of carbonyl (C=O) groups excluding carboxylic acids is 2. The molecule has 0 bridgehead atoms. The van der Waals surface area contributed by atoms with E-state index in [0.717, 1.165) is 11.1 Å². The van der Waals surface area contributed by atoms with E-state index in [1.807, 2.05) is 6.92 Å². The quantitative estimate of drug-likeness (QED) is 0.375. The van der Waals surface area contributed by atoms with Crippen molar-refractivity contribution in [2.75, 3.05) is 19.0 Å². The Kier molecular flexibility index (Phi) is 11.0. The third-order valence-electron chi connectivity index (χ3n) is 5.86. The van der Waals surface area contributed by atoms with Crippen molar-refractivity contribution in [2.24, 2.45) is 0 Å². The number of ether oxygens (including phenoxy) is 2. The summed E-state index contributed by atoms with van der Waals surface area (Å²) in [6.45, 7) is 10.3. The fraction of sp³-hybridized carbons (Fsp3) is 0.481. The largest absolute Gasteiger partial charge is 0.488 e. The lowest BCUT2D eigenvalue weighted by atomic mass is 9.78. The predicted molar refractivity (Wildman–Crippen MR) is 151 cm³/mol. The van der Waals surface area contributed by atoms with Crippen LogP contribution in [0.1, 0.15) is 58.2 Å². The maximum absolute atomic E-state index is 13.0. The number of nitrogens with one attached hydrogen (secondary N) is 1. The van der Waals surface area contributed by atoms with Gasteiger partial charge in [0.15, 0.2) is 9.84 Å².